The standard InChI is InChI=1S/C13H20N2O3S/c1-9-3-5-11(7-13(9)19(14,16)17)15-8-12-6-4-10(2)18-12/h3,5,7,10,12,15H,4,6,8H2,1-2H3,(H2,14,16,17). The van der Waals surface area contributed by atoms with Gasteiger partial charge in [-0.1, -0.05) is 6.07 Å². The fraction of sp³-hybridized carbons (Fsp3) is 0.538. The Bertz CT molecular complexity index is 557. The summed E-state index contributed by atoms with van der Waals surface area (Å²) in [7, 11) is -3.67. The van der Waals surface area contributed by atoms with Gasteiger partial charge in [-0.3, -0.25) is 0 Å². The molecule has 5 nitrogen and oxygen atoms in total. The summed E-state index contributed by atoms with van der Waals surface area (Å²) >= 11 is 0. The molecule has 1 aromatic rings. The minimum Gasteiger partial charge on any atom is -0.382 e. The number of hydrogen-bond donors (Lipinski definition) is 2. The highest BCUT2D eigenvalue weighted by atomic mass is 32.2. The summed E-state index contributed by atoms with van der Waals surface area (Å²) in [6, 6.07) is 5.17. The van der Waals surface area contributed by atoms with Crippen molar-refractivity contribution < 1.29 is 13.2 Å². The molecule has 0 bridgehead atoms. The lowest BCUT2D eigenvalue weighted by Gasteiger charge is -2.14. The first-order chi connectivity index (χ1) is 8.86. The fourth-order valence-corrected chi connectivity index (χ4v) is 3.09. The van der Waals surface area contributed by atoms with Crippen molar-refractivity contribution in [2.75, 3.05) is 11.9 Å². The first-order valence-corrected chi connectivity index (χ1v) is 7.93. The van der Waals surface area contributed by atoms with Gasteiger partial charge in [0.15, 0.2) is 0 Å². The number of hydrogen-bond acceptors (Lipinski definition) is 4. The predicted octanol–water partition coefficient (Wildman–Crippen LogP) is 1.62. The number of primary sulfonamides is 1. The second-order valence-electron chi connectivity index (χ2n) is 5.05. The van der Waals surface area contributed by atoms with Crippen LogP contribution in [0.1, 0.15) is 25.3 Å². The van der Waals surface area contributed by atoms with Gasteiger partial charge in [0.2, 0.25) is 10.0 Å². The van der Waals surface area contributed by atoms with Crippen molar-refractivity contribution in [3.05, 3.63) is 23.8 Å². The molecule has 1 aromatic carbocycles. The van der Waals surface area contributed by atoms with Gasteiger partial charge in [0.25, 0.3) is 0 Å². The van der Waals surface area contributed by atoms with Gasteiger partial charge in [-0.2, -0.15) is 0 Å². The summed E-state index contributed by atoms with van der Waals surface area (Å²) in [5.41, 5.74) is 1.40. The number of aryl methyl sites for hydroxylation is 1. The largest absolute Gasteiger partial charge is 0.382 e. The van der Waals surface area contributed by atoms with E-state index in [0.717, 1.165) is 18.5 Å². The van der Waals surface area contributed by atoms with Crippen molar-refractivity contribution in [3.8, 4) is 0 Å². The number of rotatable bonds is 4. The number of ether oxygens (including phenoxy) is 1. The average molecular weight is 284 g/mol. The van der Waals surface area contributed by atoms with E-state index in [1.807, 2.05) is 6.07 Å². The van der Waals surface area contributed by atoms with Crippen LogP contribution < -0.4 is 10.5 Å². The molecule has 0 aromatic heterocycles. The molecule has 19 heavy (non-hydrogen) atoms. The molecule has 0 aliphatic carbocycles. The Kier molecular flexibility index (Phi) is 4.13. The smallest absolute Gasteiger partial charge is 0.238 e. The Morgan fingerprint density at radius 2 is 2.16 bits per heavy atom. The van der Waals surface area contributed by atoms with E-state index in [0.29, 0.717) is 18.2 Å². The van der Waals surface area contributed by atoms with E-state index < -0.39 is 10.0 Å². The molecule has 6 heteroatoms. The molecule has 0 amide bonds. The predicted molar refractivity (Wildman–Crippen MR) is 74.6 cm³/mol. The minimum absolute atomic E-state index is 0.165. The molecular formula is C13H20N2O3S. The molecule has 2 unspecified atom stereocenters. The SMILES string of the molecule is Cc1ccc(NCC2CCC(C)O2)cc1S(N)(=O)=O. The van der Waals surface area contributed by atoms with Gasteiger partial charge in [0.1, 0.15) is 0 Å². The normalized spacial score (nSPS) is 23.5. The Morgan fingerprint density at radius 3 is 2.74 bits per heavy atom. The topological polar surface area (TPSA) is 81.4 Å². The molecule has 1 aliphatic rings. The van der Waals surface area contributed by atoms with E-state index in [2.05, 4.69) is 12.2 Å². The molecule has 3 N–H and O–H groups in total. The Labute approximate surface area is 114 Å². The van der Waals surface area contributed by atoms with Crippen molar-refractivity contribution in [1.82, 2.24) is 0 Å². The van der Waals surface area contributed by atoms with Crippen LogP contribution >= 0.6 is 0 Å². The molecule has 1 fully saturated rings. The summed E-state index contributed by atoms with van der Waals surface area (Å²) in [6.45, 7) is 4.47. The van der Waals surface area contributed by atoms with Crippen LogP contribution in [0.25, 0.3) is 0 Å². The summed E-state index contributed by atoms with van der Waals surface area (Å²) in [5, 5.41) is 8.38. The molecule has 0 saturated carbocycles. The third kappa shape index (κ3) is 3.68. The second-order valence-corrected chi connectivity index (χ2v) is 6.58. The minimum atomic E-state index is -3.67. The van der Waals surface area contributed by atoms with Crippen LogP contribution in [0.15, 0.2) is 23.1 Å². The number of nitrogens with two attached hydrogens (primary N) is 1. The third-order valence-electron chi connectivity index (χ3n) is 3.35. The average Bonchev–Trinajstić information content (AvgIpc) is 2.72. The van der Waals surface area contributed by atoms with E-state index in [4.69, 9.17) is 9.88 Å². The van der Waals surface area contributed by atoms with Crippen molar-refractivity contribution in [3.63, 3.8) is 0 Å². The Morgan fingerprint density at radius 1 is 1.42 bits per heavy atom. The number of anilines is 1. The second kappa shape index (κ2) is 5.48. The van der Waals surface area contributed by atoms with E-state index >= 15 is 0 Å². The van der Waals surface area contributed by atoms with E-state index in [9.17, 15) is 8.42 Å². The van der Waals surface area contributed by atoms with Gasteiger partial charge in [-0.05, 0) is 44.4 Å². The number of nitrogens with one attached hydrogen (secondary N) is 1. The monoisotopic (exact) mass is 284 g/mol. The van der Waals surface area contributed by atoms with Crippen LogP contribution in [0.5, 0.6) is 0 Å². The van der Waals surface area contributed by atoms with Gasteiger partial charge < -0.3 is 10.1 Å². The first kappa shape index (κ1) is 14.3. The van der Waals surface area contributed by atoms with Crippen molar-refractivity contribution in [2.24, 2.45) is 5.14 Å². The summed E-state index contributed by atoms with van der Waals surface area (Å²) in [6.07, 6.45) is 2.60. The Balaban J connectivity index is 2.05. The highest BCUT2D eigenvalue weighted by Gasteiger charge is 2.21. The zero-order valence-electron chi connectivity index (χ0n) is 11.2. The van der Waals surface area contributed by atoms with Gasteiger partial charge in [0, 0.05) is 12.2 Å². The van der Waals surface area contributed by atoms with Crippen molar-refractivity contribution in [1.29, 1.82) is 0 Å². The lowest BCUT2D eigenvalue weighted by molar-refractivity contribution is 0.0637. The van der Waals surface area contributed by atoms with Crippen molar-refractivity contribution in [2.45, 2.75) is 43.8 Å². The number of benzene rings is 1. The van der Waals surface area contributed by atoms with Crippen molar-refractivity contribution >= 4 is 15.7 Å². The molecule has 2 atom stereocenters. The van der Waals surface area contributed by atoms with Gasteiger partial charge in [-0.25, -0.2) is 13.6 Å². The highest BCUT2D eigenvalue weighted by molar-refractivity contribution is 7.89. The molecule has 1 heterocycles. The number of sulfonamides is 1. The van der Waals surface area contributed by atoms with Crippen LogP contribution in [0, 0.1) is 6.92 Å². The quantitative estimate of drug-likeness (QED) is 0.880. The van der Waals surface area contributed by atoms with Gasteiger partial charge >= 0.3 is 0 Å². The third-order valence-corrected chi connectivity index (χ3v) is 4.40. The molecule has 2 rings (SSSR count). The van der Waals surface area contributed by atoms with Crippen LogP contribution in [0.3, 0.4) is 0 Å². The van der Waals surface area contributed by atoms with Crippen LogP contribution in [-0.2, 0) is 14.8 Å². The van der Waals surface area contributed by atoms with E-state index in [-0.39, 0.29) is 11.0 Å². The highest BCUT2D eigenvalue weighted by Crippen LogP contribution is 2.22. The maximum Gasteiger partial charge on any atom is 0.238 e. The maximum atomic E-state index is 11.4. The summed E-state index contributed by atoms with van der Waals surface area (Å²) in [4.78, 5) is 0.165. The van der Waals surface area contributed by atoms with Crippen LogP contribution in [0.2, 0.25) is 0 Å². The fourth-order valence-electron chi connectivity index (χ4n) is 2.28. The Hall–Kier alpha value is -1.11. The first-order valence-electron chi connectivity index (χ1n) is 6.39. The molecule has 1 aliphatic heterocycles. The lowest BCUT2D eigenvalue weighted by atomic mass is 10.2. The zero-order chi connectivity index (χ0) is 14.0. The van der Waals surface area contributed by atoms with Crippen LogP contribution in [0.4, 0.5) is 5.69 Å². The van der Waals surface area contributed by atoms with E-state index in [1.54, 1.807) is 19.1 Å². The lowest BCUT2D eigenvalue weighted by Crippen LogP contribution is -2.20. The van der Waals surface area contributed by atoms with Crippen LogP contribution in [-0.4, -0.2) is 27.2 Å². The van der Waals surface area contributed by atoms with Gasteiger partial charge in [0.05, 0.1) is 17.1 Å². The molecular weight excluding hydrogens is 264 g/mol. The molecule has 106 valence electrons. The summed E-state index contributed by atoms with van der Waals surface area (Å²) < 4.78 is 28.6. The molecule has 0 radical (unpaired) electrons. The zero-order valence-corrected chi connectivity index (χ0v) is 12.0. The summed E-state index contributed by atoms with van der Waals surface area (Å²) in [5.74, 6) is 0. The maximum absolute atomic E-state index is 11.4. The van der Waals surface area contributed by atoms with E-state index in [1.165, 1.54) is 0 Å². The molecule has 0 spiro atoms. The van der Waals surface area contributed by atoms with Gasteiger partial charge in [-0.15, -0.1) is 0 Å². The molecule has 1 saturated heterocycles.